The van der Waals surface area contributed by atoms with E-state index in [1.54, 1.807) is 12.1 Å². The van der Waals surface area contributed by atoms with Gasteiger partial charge in [0.2, 0.25) is 0 Å². The van der Waals surface area contributed by atoms with Gasteiger partial charge in [0, 0.05) is 21.1 Å². The zero-order valence-electron chi connectivity index (χ0n) is 12.1. The topological polar surface area (TPSA) is 12.0 Å². The summed E-state index contributed by atoms with van der Waals surface area (Å²) in [5.41, 5.74) is 2.90. The summed E-state index contributed by atoms with van der Waals surface area (Å²) in [5, 5.41) is 3.90. The number of hydrogen-bond acceptors (Lipinski definition) is 1. The highest BCUT2D eigenvalue weighted by molar-refractivity contribution is 9.10. The van der Waals surface area contributed by atoms with Crippen LogP contribution in [-0.2, 0) is 6.42 Å². The van der Waals surface area contributed by atoms with Crippen molar-refractivity contribution in [3.05, 3.63) is 68.4 Å². The molecule has 2 aromatic carbocycles. The molecule has 0 aliphatic heterocycles. The third-order valence-electron chi connectivity index (χ3n) is 3.53. The molecule has 21 heavy (non-hydrogen) atoms. The third kappa shape index (κ3) is 4.06. The molecule has 0 saturated heterocycles. The van der Waals surface area contributed by atoms with Gasteiger partial charge in [0.1, 0.15) is 5.82 Å². The summed E-state index contributed by atoms with van der Waals surface area (Å²) in [6.07, 6.45) is 0.530. The fraction of sp³-hybridized carbons (Fsp3) is 0.294. The maximum Gasteiger partial charge on any atom is 0.127 e. The highest BCUT2D eigenvalue weighted by atomic mass is 79.9. The van der Waals surface area contributed by atoms with Crippen LogP contribution in [0, 0.1) is 12.7 Å². The summed E-state index contributed by atoms with van der Waals surface area (Å²) in [5.74, 6) is -0.250. The van der Waals surface area contributed by atoms with Crippen LogP contribution in [0.3, 0.4) is 0 Å². The predicted octanol–water partition coefficient (Wildman–Crippen LogP) is 5.44. The Morgan fingerprint density at radius 2 is 2.05 bits per heavy atom. The van der Waals surface area contributed by atoms with E-state index in [2.05, 4.69) is 40.3 Å². The first-order valence-electron chi connectivity index (χ1n) is 6.95. The standard InChI is InChI=1S/C17H18BrClFN/c1-3-21-17(13-8-7-12(18)9-11(13)2)10-14-15(19)5-4-6-16(14)20/h4-9,17,21H,3,10H2,1-2H3. The lowest BCUT2D eigenvalue weighted by atomic mass is 9.95. The molecular weight excluding hydrogens is 353 g/mol. The van der Waals surface area contributed by atoms with Gasteiger partial charge in [-0.25, -0.2) is 4.39 Å². The van der Waals surface area contributed by atoms with Crippen molar-refractivity contribution in [3.8, 4) is 0 Å². The van der Waals surface area contributed by atoms with E-state index in [0.717, 1.165) is 11.0 Å². The van der Waals surface area contributed by atoms with E-state index < -0.39 is 0 Å². The minimum absolute atomic E-state index is 0.0394. The van der Waals surface area contributed by atoms with Crippen LogP contribution < -0.4 is 5.32 Å². The molecule has 112 valence electrons. The molecule has 0 spiro atoms. The first-order valence-corrected chi connectivity index (χ1v) is 8.12. The minimum atomic E-state index is -0.250. The van der Waals surface area contributed by atoms with Crippen molar-refractivity contribution in [3.63, 3.8) is 0 Å². The summed E-state index contributed by atoms with van der Waals surface area (Å²) < 4.78 is 15.1. The Labute approximate surface area is 138 Å². The molecule has 0 amide bonds. The summed E-state index contributed by atoms with van der Waals surface area (Å²) in [6, 6.07) is 11.0. The van der Waals surface area contributed by atoms with Gasteiger partial charge in [-0.05, 0) is 55.3 Å². The normalized spacial score (nSPS) is 12.4. The third-order valence-corrected chi connectivity index (χ3v) is 4.38. The van der Waals surface area contributed by atoms with Crippen molar-refractivity contribution < 1.29 is 4.39 Å². The molecule has 0 fully saturated rings. The highest BCUT2D eigenvalue weighted by Crippen LogP contribution is 2.28. The smallest absolute Gasteiger partial charge is 0.127 e. The zero-order valence-corrected chi connectivity index (χ0v) is 14.4. The van der Waals surface area contributed by atoms with Crippen molar-refractivity contribution in [2.24, 2.45) is 0 Å². The second kappa shape index (κ2) is 7.39. The number of nitrogens with one attached hydrogen (secondary N) is 1. The van der Waals surface area contributed by atoms with Crippen LogP contribution in [0.25, 0.3) is 0 Å². The number of likely N-dealkylation sites (N-methyl/N-ethyl adjacent to an activating group) is 1. The van der Waals surface area contributed by atoms with Gasteiger partial charge in [0.15, 0.2) is 0 Å². The van der Waals surface area contributed by atoms with E-state index in [0.29, 0.717) is 17.0 Å². The number of aryl methyl sites for hydroxylation is 1. The van der Waals surface area contributed by atoms with E-state index in [1.807, 2.05) is 13.0 Å². The fourth-order valence-corrected chi connectivity index (χ4v) is 3.22. The van der Waals surface area contributed by atoms with Gasteiger partial charge in [-0.3, -0.25) is 0 Å². The van der Waals surface area contributed by atoms with E-state index in [1.165, 1.54) is 17.2 Å². The summed E-state index contributed by atoms with van der Waals surface area (Å²) in [6.45, 7) is 4.92. The first kappa shape index (κ1) is 16.5. The van der Waals surface area contributed by atoms with Crippen molar-refractivity contribution in [1.29, 1.82) is 0 Å². The van der Waals surface area contributed by atoms with Gasteiger partial charge >= 0.3 is 0 Å². The largest absolute Gasteiger partial charge is 0.310 e. The lowest BCUT2D eigenvalue weighted by Gasteiger charge is -2.21. The Hall–Kier alpha value is -0.900. The van der Waals surface area contributed by atoms with Crippen LogP contribution in [0.5, 0.6) is 0 Å². The summed E-state index contributed by atoms with van der Waals surface area (Å²) in [7, 11) is 0. The average Bonchev–Trinajstić information content (AvgIpc) is 2.42. The molecule has 0 heterocycles. The molecular formula is C17H18BrClFN. The van der Waals surface area contributed by atoms with Gasteiger partial charge in [0.05, 0.1) is 0 Å². The molecule has 2 aromatic rings. The first-order chi connectivity index (χ1) is 10.0. The molecule has 1 N–H and O–H groups in total. The van der Waals surface area contributed by atoms with Gasteiger partial charge < -0.3 is 5.32 Å². The molecule has 4 heteroatoms. The van der Waals surface area contributed by atoms with Gasteiger partial charge in [-0.2, -0.15) is 0 Å². The Morgan fingerprint density at radius 1 is 1.29 bits per heavy atom. The monoisotopic (exact) mass is 369 g/mol. The maximum absolute atomic E-state index is 14.0. The summed E-state index contributed by atoms with van der Waals surface area (Å²) >= 11 is 9.62. The predicted molar refractivity (Wildman–Crippen MR) is 90.4 cm³/mol. The Morgan fingerprint density at radius 3 is 2.67 bits per heavy atom. The molecule has 1 atom stereocenters. The van der Waals surface area contributed by atoms with E-state index in [9.17, 15) is 4.39 Å². The molecule has 2 rings (SSSR count). The minimum Gasteiger partial charge on any atom is -0.310 e. The number of hydrogen-bond donors (Lipinski definition) is 1. The Kier molecular flexibility index (Phi) is 5.80. The van der Waals surface area contributed by atoms with Crippen molar-refractivity contribution >= 4 is 27.5 Å². The molecule has 0 aliphatic rings. The lowest BCUT2D eigenvalue weighted by molar-refractivity contribution is 0.526. The number of halogens is 3. The second-order valence-corrected chi connectivity index (χ2v) is 6.34. The van der Waals surface area contributed by atoms with Crippen molar-refractivity contribution in [2.75, 3.05) is 6.54 Å². The highest BCUT2D eigenvalue weighted by Gasteiger charge is 2.17. The fourth-order valence-electron chi connectivity index (χ4n) is 2.50. The molecule has 0 aliphatic carbocycles. The summed E-state index contributed by atoms with van der Waals surface area (Å²) in [4.78, 5) is 0. The van der Waals surface area contributed by atoms with Crippen molar-refractivity contribution in [2.45, 2.75) is 26.3 Å². The zero-order chi connectivity index (χ0) is 15.4. The number of benzene rings is 2. The van der Waals surface area contributed by atoms with Crippen LogP contribution in [0.15, 0.2) is 40.9 Å². The lowest BCUT2D eigenvalue weighted by Crippen LogP contribution is -2.24. The second-order valence-electron chi connectivity index (χ2n) is 5.02. The Bertz CT molecular complexity index is 610. The average molecular weight is 371 g/mol. The maximum atomic E-state index is 14.0. The number of rotatable bonds is 5. The SMILES string of the molecule is CCNC(Cc1c(F)cccc1Cl)c1ccc(Br)cc1C. The molecule has 0 saturated carbocycles. The van der Waals surface area contributed by atoms with Crippen LogP contribution in [0.4, 0.5) is 4.39 Å². The molecule has 0 radical (unpaired) electrons. The molecule has 0 bridgehead atoms. The van der Waals surface area contributed by atoms with E-state index in [4.69, 9.17) is 11.6 Å². The van der Waals surface area contributed by atoms with Crippen molar-refractivity contribution in [1.82, 2.24) is 5.32 Å². The quantitative estimate of drug-likeness (QED) is 0.738. The van der Waals surface area contributed by atoms with Gasteiger partial charge in [0.25, 0.3) is 0 Å². The van der Waals surface area contributed by atoms with E-state index >= 15 is 0 Å². The molecule has 1 unspecified atom stereocenters. The van der Waals surface area contributed by atoms with Crippen LogP contribution in [0.1, 0.15) is 29.7 Å². The van der Waals surface area contributed by atoms with Crippen LogP contribution >= 0.6 is 27.5 Å². The van der Waals surface area contributed by atoms with Gasteiger partial charge in [-0.15, -0.1) is 0 Å². The van der Waals surface area contributed by atoms with Crippen LogP contribution in [-0.4, -0.2) is 6.54 Å². The van der Waals surface area contributed by atoms with Gasteiger partial charge in [-0.1, -0.05) is 46.6 Å². The van der Waals surface area contributed by atoms with E-state index in [-0.39, 0.29) is 11.9 Å². The Balaban J connectivity index is 2.35. The molecule has 0 aromatic heterocycles. The van der Waals surface area contributed by atoms with Crippen LogP contribution in [0.2, 0.25) is 5.02 Å². The molecule has 1 nitrogen and oxygen atoms in total.